The third-order valence-corrected chi connectivity index (χ3v) is 0.464. The molecule has 0 saturated heterocycles. The Balaban J connectivity index is -0.000000143. The number of aliphatic carboxylic acids is 2. The third kappa shape index (κ3) is 18.1. The van der Waals surface area contributed by atoms with Gasteiger partial charge in [0.25, 0.3) is 0 Å². The van der Waals surface area contributed by atoms with Gasteiger partial charge in [0, 0.05) is 19.5 Å². The van der Waals surface area contributed by atoms with Crippen LogP contribution in [0.4, 0.5) is 8.78 Å². The molecule has 0 saturated carbocycles. The fourth-order valence-electron chi connectivity index (χ4n) is 0. The molecule has 70 valence electrons. The molecule has 0 aliphatic heterocycles. The fourth-order valence-corrected chi connectivity index (χ4v) is 0. The smallest absolute Gasteiger partial charge is 0.364 e. The first-order chi connectivity index (χ1) is 5.29. The van der Waals surface area contributed by atoms with Crippen LogP contribution in [0.5, 0.6) is 0 Å². The number of carboxylic acid groups (broad SMARTS) is 2. The molecule has 0 amide bonds. The molecular weight excluding hydrogens is 239 g/mol. The van der Waals surface area contributed by atoms with Gasteiger partial charge in [-0.2, -0.15) is 8.78 Å². The van der Waals surface area contributed by atoms with E-state index in [0.29, 0.717) is 0 Å². The number of rotatable bonds is 2. The van der Waals surface area contributed by atoms with Gasteiger partial charge in [0.05, 0.1) is 0 Å². The first-order valence-corrected chi connectivity index (χ1v) is 2.44. The van der Waals surface area contributed by atoms with Crippen LogP contribution in [0.2, 0.25) is 0 Å². The van der Waals surface area contributed by atoms with Crippen molar-refractivity contribution in [2.45, 2.75) is 0 Å². The van der Waals surface area contributed by atoms with Crippen molar-refractivity contribution >= 4 is 11.9 Å². The molecule has 0 radical (unpaired) electrons. The molecule has 0 fully saturated rings. The van der Waals surface area contributed by atoms with E-state index < -0.39 is 23.6 Å². The Bertz CT molecular complexity index is 179. The molecule has 0 bridgehead atoms. The number of hydrogen-bond acceptors (Lipinski definition) is 2. The van der Waals surface area contributed by atoms with Crippen LogP contribution >= 0.6 is 0 Å². The molecule has 0 unspecified atom stereocenters. The van der Waals surface area contributed by atoms with Gasteiger partial charge in [-0.15, -0.1) is 0 Å². The van der Waals surface area contributed by atoms with Crippen molar-refractivity contribution in [1.29, 1.82) is 0 Å². The van der Waals surface area contributed by atoms with Crippen LogP contribution < -0.4 is 0 Å². The average molecular weight is 245 g/mol. The van der Waals surface area contributed by atoms with Crippen LogP contribution in [0.15, 0.2) is 24.8 Å². The van der Waals surface area contributed by atoms with Crippen LogP contribution in [-0.2, 0) is 29.1 Å². The summed E-state index contributed by atoms with van der Waals surface area (Å²) in [4.78, 5) is 18.4. The summed E-state index contributed by atoms with van der Waals surface area (Å²) in [6, 6.07) is 0. The molecular formula is C6H6F2O4Zn. The Morgan fingerprint density at radius 2 is 1.00 bits per heavy atom. The Morgan fingerprint density at radius 1 is 0.923 bits per heavy atom. The van der Waals surface area contributed by atoms with Crippen LogP contribution in [0, 0.1) is 0 Å². The van der Waals surface area contributed by atoms with Gasteiger partial charge < -0.3 is 10.2 Å². The summed E-state index contributed by atoms with van der Waals surface area (Å²) in [6.07, 6.45) is 0. The summed E-state index contributed by atoms with van der Waals surface area (Å²) in [5.41, 5.74) is 0. The van der Waals surface area contributed by atoms with Crippen molar-refractivity contribution in [2.24, 2.45) is 0 Å². The second-order valence-electron chi connectivity index (χ2n) is 1.42. The van der Waals surface area contributed by atoms with E-state index in [1.54, 1.807) is 0 Å². The van der Waals surface area contributed by atoms with E-state index >= 15 is 0 Å². The van der Waals surface area contributed by atoms with Crippen molar-refractivity contribution in [1.82, 2.24) is 0 Å². The molecule has 0 spiro atoms. The largest absolute Gasteiger partial charge is 0.476 e. The minimum absolute atomic E-state index is 0. The molecule has 0 aromatic heterocycles. The first kappa shape index (κ1) is 17.9. The molecule has 0 aliphatic carbocycles. The quantitative estimate of drug-likeness (QED) is 0.564. The predicted octanol–water partition coefficient (Wildman–Crippen LogP) is 1.11. The Labute approximate surface area is 85.3 Å². The predicted molar refractivity (Wildman–Crippen MR) is 35.8 cm³/mol. The zero-order valence-electron chi connectivity index (χ0n) is 6.59. The Kier molecular flexibility index (Phi) is 12.4. The van der Waals surface area contributed by atoms with Crippen molar-refractivity contribution in [3.8, 4) is 0 Å². The average Bonchev–Trinajstić information content (AvgIpc) is 1.88. The second-order valence-corrected chi connectivity index (χ2v) is 1.42. The molecule has 2 N–H and O–H groups in total. The summed E-state index contributed by atoms with van der Waals surface area (Å²) >= 11 is 0. The maximum absolute atomic E-state index is 11.0. The number of carboxylic acids is 2. The van der Waals surface area contributed by atoms with Gasteiger partial charge in [0.2, 0.25) is 11.7 Å². The van der Waals surface area contributed by atoms with Gasteiger partial charge in [-0.1, -0.05) is 13.2 Å². The van der Waals surface area contributed by atoms with E-state index in [2.05, 4.69) is 13.2 Å². The van der Waals surface area contributed by atoms with Crippen molar-refractivity contribution in [3.05, 3.63) is 24.8 Å². The molecule has 7 heteroatoms. The van der Waals surface area contributed by atoms with E-state index in [-0.39, 0.29) is 19.5 Å². The van der Waals surface area contributed by atoms with E-state index in [0.717, 1.165) is 0 Å². The molecule has 13 heavy (non-hydrogen) atoms. The van der Waals surface area contributed by atoms with Gasteiger partial charge in [-0.05, 0) is 0 Å². The molecule has 0 heterocycles. The maximum atomic E-state index is 11.0. The molecule has 0 atom stereocenters. The minimum Gasteiger partial charge on any atom is -0.476 e. The van der Waals surface area contributed by atoms with Crippen molar-refractivity contribution in [3.63, 3.8) is 0 Å². The SMILES string of the molecule is C=C(F)C(=O)O.C=C(F)C(=O)O.[Zn]. The van der Waals surface area contributed by atoms with Crippen molar-refractivity contribution < 1.29 is 48.1 Å². The summed E-state index contributed by atoms with van der Waals surface area (Å²) in [6.45, 7) is 4.98. The van der Waals surface area contributed by atoms with Gasteiger partial charge in [0.15, 0.2) is 0 Å². The van der Waals surface area contributed by atoms with Crippen LogP contribution in [0.25, 0.3) is 0 Å². The van der Waals surface area contributed by atoms with E-state index in [4.69, 9.17) is 10.2 Å². The fraction of sp³-hybridized carbons (Fsp3) is 0. The van der Waals surface area contributed by atoms with E-state index in [9.17, 15) is 18.4 Å². The Morgan fingerprint density at radius 3 is 1.00 bits per heavy atom. The summed E-state index contributed by atoms with van der Waals surface area (Å²) in [7, 11) is 0. The minimum atomic E-state index is -1.60. The third-order valence-electron chi connectivity index (χ3n) is 0.464. The van der Waals surface area contributed by atoms with Gasteiger partial charge in [-0.3, -0.25) is 0 Å². The monoisotopic (exact) mass is 244 g/mol. The maximum Gasteiger partial charge on any atom is 0.364 e. The van der Waals surface area contributed by atoms with Gasteiger partial charge in [-0.25, -0.2) is 9.59 Å². The van der Waals surface area contributed by atoms with Crippen molar-refractivity contribution in [2.75, 3.05) is 0 Å². The standard InChI is InChI=1S/2C3H3FO2.Zn/c2*1-2(4)3(5)6;/h2*1H2,(H,5,6);. The molecule has 0 aromatic rings. The number of hydrogen-bond donors (Lipinski definition) is 2. The second kappa shape index (κ2) is 9.00. The van der Waals surface area contributed by atoms with E-state index in [1.165, 1.54) is 0 Å². The first-order valence-electron chi connectivity index (χ1n) is 2.44. The molecule has 0 aromatic carbocycles. The summed E-state index contributed by atoms with van der Waals surface area (Å²) in [5.74, 6) is -5.85. The number of halogens is 2. The van der Waals surface area contributed by atoms with Gasteiger partial charge in [0.1, 0.15) is 0 Å². The summed E-state index contributed by atoms with van der Waals surface area (Å²) < 4.78 is 22.1. The van der Waals surface area contributed by atoms with E-state index in [1.807, 2.05) is 0 Å². The van der Waals surface area contributed by atoms with Crippen LogP contribution in [-0.4, -0.2) is 22.2 Å². The van der Waals surface area contributed by atoms with Crippen LogP contribution in [0.1, 0.15) is 0 Å². The zero-order chi connectivity index (χ0) is 10.3. The topological polar surface area (TPSA) is 74.6 Å². The molecule has 0 rings (SSSR count). The normalized spacial score (nSPS) is 6.92. The zero-order valence-corrected chi connectivity index (χ0v) is 9.56. The number of carbonyl (C=O) groups is 2. The molecule has 0 aliphatic rings. The van der Waals surface area contributed by atoms with Crippen LogP contribution in [0.3, 0.4) is 0 Å². The molecule has 4 nitrogen and oxygen atoms in total. The van der Waals surface area contributed by atoms with Gasteiger partial charge >= 0.3 is 11.9 Å². The summed E-state index contributed by atoms with van der Waals surface area (Å²) in [5, 5.41) is 15.0. The Hall–Kier alpha value is -1.10.